The maximum Gasteiger partial charge on any atom is 0.127 e. The lowest BCUT2D eigenvalue weighted by molar-refractivity contribution is 0.609. The Morgan fingerprint density at radius 1 is 1.09 bits per heavy atom. The number of thioether (sulfide) groups is 1. The van der Waals surface area contributed by atoms with Crippen molar-refractivity contribution < 1.29 is 0 Å². The Hall–Kier alpha value is -1.78. The second-order valence-electron chi connectivity index (χ2n) is 5.42. The van der Waals surface area contributed by atoms with E-state index < -0.39 is 0 Å². The molecule has 3 aromatic rings. The van der Waals surface area contributed by atoms with Crippen LogP contribution in [0.3, 0.4) is 0 Å². The van der Waals surface area contributed by atoms with Crippen molar-refractivity contribution in [3.8, 4) is 0 Å². The van der Waals surface area contributed by atoms with E-state index in [4.69, 9.17) is 10.7 Å². The molecule has 0 saturated heterocycles. The largest absolute Gasteiger partial charge is 0.322 e. The third-order valence-electron chi connectivity index (χ3n) is 3.83. The summed E-state index contributed by atoms with van der Waals surface area (Å²) >= 11 is 1.82. The van der Waals surface area contributed by atoms with E-state index in [1.54, 1.807) is 0 Å². The van der Waals surface area contributed by atoms with Crippen LogP contribution in [0.25, 0.3) is 11.0 Å². The summed E-state index contributed by atoms with van der Waals surface area (Å²) < 4.78 is 2.26. The summed E-state index contributed by atoms with van der Waals surface area (Å²) in [4.78, 5) is 4.79. The topological polar surface area (TPSA) is 43.8 Å². The molecular weight excluding hydrogens is 290 g/mol. The van der Waals surface area contributed by atoms with Gasteiger partial charge in [-0.1, -0.05) is 42.5 Å². The van der Waals surface area contributed by atoms with Crippen LogP contribution in [0.5, 0.6) is 0 Å². The molecule has 4 heteroatoms. The van der Waals surface area contributed by atoms with Gasteiger partial charge in [0.25, 0.3) is 0 Å². The molecule has 1 heterocycles. The number of para-hydroxylation sites is 2. The molecule has 0 bridgehead atoms. The molecule has 0 aliphatic heterocycles. The van der Waals surface area contributed by atoms with Gasteiger partial charge in [0.15, 0.2) is 0 Å². The number of benzene rings is 2. The van der Waals surface area contributed by atoms with Gasteiger partial charge in [0.2, 0.25) is 0 Å². The fourth-order valence-corrected chi connectivity index (χ4v) is 3.17. The molecule has 22 heavy (non-hydrogen) atoms. The minimum Gasteiger partial charge on any atom is -0.322 e. The monoisotopic (exact) mass is 311 g/mol. The summed E-state index contributed by atoms with van der Waals surface area (Å²) in [7, 11) is 0. The Bertz CT molecular complexity index is 736. The Labute approximate surface area is 135 Å². The maximum atomic E-state index is 6.40. The average Bonchev–Trinajstić information content (AvgIpc) is 2.92. The van der Waals surface area contributed by atoms with Gasteiger partial charge in [0, 0.05) is 6.54 Å². The number of hydrogen-bond donors (Lipinski definition) is 1. The molecule has 0 saturated carbocycles. The van der Waals surface area contributed by atoms with Crippen LogP contribution >= 0.6 is 11.8 Å². The molecule has 1 unspecified atom stereocenters. The highest BCUT2D eigenvalue weighted by Gasteiger charge is 2.16. The smallest absolute Gasteiger partial charge is 0.127 e. The molecule has 2 N–H and O–H groups in total. The zero-order chi connectivity index (χ0) is 15.4. The average molecular weight is 311 g/mol. The van der Waals surface area contributed by atoms with E-state index in [2.05, 4.69) is 53.3 Å². The Morgan fingerprint density at radius 2 is 1.82 bits per heavy atom. The molecule has 0 aliphatic rings. The lowest BCUT2D eigenvalue weighted by Gasteiger charge is -2.14. The molecule has 1 atom stereocenters. The van der Waals surface area contributed by atoms with Crippen LogP contribution in [0.4, 0.5) is 0 Å². The fraction of sp³-hybridized carbons (Fsp3) is 0.278. The predicted octanol–water partition coefficient (Wildman–Crippen LogP) is 3.84. The minimum atomic E-state index is -0.0245. The van der Waals surface area contributed by atoms with E-state index in [1.165, 1.54) is 5.56 Å². The van der Waals surface area contributed by atoms with Crippen molar-refractivity contribution >= 4 is 22.8 Å². The van der Waals surface area contributed by atoms with E-state index in [9.17, 15) is 0 Å². The Morgan fingerprint density at radius 3 is 2.59 bits per heavy atom. The van der Waals surface area contributed by atoms with Crippen LogP contribution in [0.2, 0.25) is 0 Å². The normalized spacial score (nSPS) is 12.6. The molecule has 0 spiro atoms. The van der Waals surface area contributed by atoms with Crippen LogP contribution in [-0.4, -0.2) is 21.6 Å². The zero-order valence-corrected chi connectivity index (χ0v) is 13.6. The van der Waals surface area contributed by atoms with Crippen molar-refractivity contribution in [1.82, 2.24) is 9.55 Å². The number of aromatic nitrogens is 2. The molecule has 2 aromatic carbocycles. The van der Waals surface area contributed by atoms with Gasteiger partial charge >= 0.3 is 0 Å². The quantitative estimate of drug-likeness (QED) is 0.752. The van der Waals surface area contributed by atoms with Gasteiger partial charge in [0.1, 0.15) is 5.82 Å². The van der Waals surface area contributed by atoms with Crippen LogP contribution in [-0.2, 0) is 6.54 Å². The lowest BCUT2D eigenvalue weighted by atomic mass is 10.2. The van der Waals surface area contributed by atoms with Crippen molar-refractivity contribution in [3.05, 3.63) is 66.0 Å². The summed E-state index contributed by atoms with van der Waals surface area (Å²) in [5.74, 6) is 2.04. The number of fused-ring (bicyclic) bond motifs is 1. The first kappa shape index (κ1) is 15.1. The molecule has 0 amide bonds. The highest BCUT2D eigenvalue weighted by atomic mass is 32.2. The van der Waals surface area contributed by atoms with E-state index in [0.29, 0.717) is 0 Å². The van der Waals surface area contributed by atoms with Crippen molar-refractivity contribution in [3.63, 3.8) is 0 Å². The van der Waals surface area contributed by atoms with Crippen molar-refractivity contribution in [2.24, 2.45) is 5.73 Å². The lowest BCUT2D eigenvalue weighted by Crippen LogP contribution is -2.18. The van der Waals surface area contributed by atoms with Gasteiger partial charge < -0.3 is 10.3 Å². The van der Waals surface area contributed by atoms with Crippen LogP contribution < -0.4 is 5.73 Å². The molecule has 0 radical (unpaired) electrons. The van der Waals surface area contributed by atoms with E-state index in [-0.39, 0.29) is 6.04 Å². The van der Waals surface area contributed by atoms with Gasteiger partial charge in [-0.3, -0.25) is 0 Å². The summed E-state index contributed by atoms with van der Waals surface area (Å²) in [6.45, 7) is 0.809. The predicted molar refractivity (Wildman–Crippen MR) is 95.2 cm³/mol. The number of imidazole rings is 1. The molecular formula is C18H21N3S. The molecule has 3 nitrogen and oxygen atoms in total. The van der Waals surface area contributed by atoms with Crippen molar-refractivity contribution in [1.29, 1.82) is 0 Å². The summed E-state index contributed by atoms with van der Waals surface area (Å²) in [6, 6.07) is 18.7. The van der Waals surface area contributed by atoms with Gasteiger partial charge in [-0.2, -0.15) is 11.8 Å². The first-order valence-corrected chi connectivity index (χ1v) is 8.92. The molecule has 0 aliphatic carbocycles. The van der Waals surface area contributed by atoms with Gasteiger partial charge in [-0.05, 0) is 36.1 Å². The summed E-state index contributed by atoms with van der Waals surface area (Å²) in [6.07, 6.45) is 3.05. The standard InChI is InChI=1S/C18H21N3S/c1-22-12-11-15(19)18-20-16-9-5-6-10-17(16)21(18)13-14-7-3-2-4-8-14/h2-10,15H,11-13,19H2,1H3. The Balaban J connectivity index is 2.01. The van der Waals surface area contributed by atoms with Crippen LogP contribution in [0.1, 0.15) is 23.9 Å². The second-order valence-corrected chi connectivity index (χ2v) is 6.40. The van der Waals surface area contributed by atoms with Gasteiger partial charge in [-0.25, -0.2) is 4.98 Å². The summed E-state index contributed by atoms with van der Waals surface area (Å²) in [5.41, 5.74) is 9.85. The third-order valence-corrected chi connectivity index (χ3v) is 4.48. The molecule has 3 rings (SSSR count). The van der Waals surface area contributed by atoms with E-state index >= 15 is 0 Å². The number of nitrogens with zero attached hydrogens (tertiary/aromatic N) is 2. The molecule has 1 aromatic heterocycles. The van der Waals surface area contributed by atoms with Gasteiger partial charge in [0.05, 0.1) is 17.1 Å². The van der Waals surface area contributed by atoms with Gasteiger partial charge in [-0.15, -0.1) is 0 Å². The highest BCUT2D eigenvalue weighted by Crippen LogP contribution is 2.23. The van der Waals surface area contributed by atoms with E-state index in [1.807, 2.05) is 23.9 Å². The van der Waals surface area contributed by atoms with Crippen molar-refractivity contribution in [2.45, 2.75) is 19.0 Å². The van der Waals surface area contributed by atoms with Crippen LogP contribution in [0, 0.1) is 0 Å². The molecule has 0 fully saturated rings. The van der Waals surface area contributed by atoms with Crippen LogP contribution in [0.15, 0.2) is 54.6 Å². The number of hydrogen-bond acceptors (Lipinski definition) is 3. The van der Waals surface area contributed by atoms with E-state index in [0.717, 1.165) is 35.6 Å². The fourth-order valence-electron chi connectivity index (χ4n) is 2.68. The summed E-state index contributed by atoms with van der Waals surface area (Å²) in [5, 5.41) is 0. The van der Waals surface area contributed by atoms with Crippen molar-refractivity contribution in [2.75, 3.05) is 12.0 Å². The second kappa shape index (κ2) is 6.99. The SMILES string of the molecule is CSCCC(N)c1nc2ccccc2n1Cc1ccccc1. The number of rotatable bonds is 6. The minimum absolute atomic E-state index is 0.0245. The first-order chi connectivity index (χ1) is 10.8. The molecule has 114 valence electrons. The third kappa shape index (κ3) is 3.18. The zero-order valence-electron chi connectivity index (χ0n) is 12.8. The first-order valence-electron chi connectivity index (χ1n) is 7.53. The Kier molecular flexibility index (Phi) is 4.80. The highest BCUT2D eigenvalue weighted by molar-refractivity contribution is 7.98. The number of nitrogens with two attached hydrogens (primary N) is 1. The maximum absolute atomic E-state index is 6.40.